The van der Waals surface area contributed by atoms with Gasteiger partial charge in [-0.2, -0.15) is 13.7 Å². The first-order valence-corrected chi connectivity index (χ1v) is 8.14. The molecule has 0 aromatic carbocycles. The third-order valence-electron chi connectivity index (χ3n) is 3.02. The molecule has 1 saturated heterocycles. The molecule has 2 rings (SSSR count). The molecule has 7 nitrogen and oxygen atoms in total. The Labute approximate surface area is 128 Å². The second-order valence-corrected chi connectivity index (χ2v) is 6.79. The SMILES string of the molecule is N#Cc1c(N)cc(N2CC(CS(=O)(=O)F)CC2=O)nc1Br. The van der Waals surface area contributed by atoms with Gasteiger partial charge in [0.1, 0.15) is 22.1 Å². The van der Waals surface area contributed by atoms with Gasteiger partial charge in [0.25, 0.3) is 0 Å². The maximum atomic E-state index is 12.7. The number of amides is 1. The van der Waals surface area contributed by atoms with Crippen molar-refractivity contribution in [3.63, 3.8) is 0 Å². The number of carbonyl (C=O) groups excluding carboxylic acids is 1. The van der Waals surface area contributed by atoms with Crippen molar-refractivity contribution in [3.05, 3.63) is 16.2 Å². The lowest BCUT2D eigenvalue weighted by atomic mass is 10.1. The number of aromatic nitrogens is 1. The van der Waals surface area contributed by atoms with E-state index in [9.17, 15) is 17.1 Å². The highest BCUT2D eigenvalue weighted by molar-refractivity contribution is 9.10. The monoisotopic (exact) mass is 376 g/mol. The summed E-state index contributed by atoms with van der Waals surface area (Å²) in [6, 6.07) is 3.22. The number of carbonyl (C=O) groups is 1. The summed E-state index contributed by atoms with van der Waals surface area (Å²) in [5, 5.41) is 8.89. The molecule has 0 saturated carbocycles. The molecule has 1 unspecified atom stereocenters. The first kappa shape index (κ1) is 15.7. The van der Waals surface area contributed by atoms with Crippen LogP contribution in [0.3, 0.4) is 0 Å². The summed E-state index contributed by atoms with van der Waals surface area (Å²) >= 11 is 3.08. The first-order chi connectivity index (χ1) is 9.71. The Bertz CT molecular complexity index is 723. The Balaban J connectivity index is 2.28. The highest BCUT2D eigenvalue weighted by Gasteiger charge is 2.34. The molecule has 1 atom stereocenters. The van der Waals surface area contributed by atoms with Crippen LogP contribution in [0.4, 0.5) is 15.4 Å². The number of anilines is 2. The Kier molecular flexibility index (Phi) is 4.15. The number of hydrogen-bond donors (Lipinski definition) is 1. The number of nitrogen functional groups attached to an aromatic ring is 1. The van der Waals surface area contributed by atoms with E-state index in [-0.39, 0.29) is 40.5 Å². The number of rotatable bonds is 3. The highest BCUT2D eigenvalue weighted by atomic mass is 79.9. The molecule has 2 heterocycles. The zero-order valence-electron chi connectivity index (χ0n) is 10.6. The van der Waals surface area contributed by atoms with Crippen LogP contribution >= 0.6 is 15.9 Å². The summed E-state index contributed by atoms with van der Waals surface area (Å²) in [4.78, 5) is 17.2. The average molecular weight is 377 g/mol. The number of nitriles is 1. The van der Waals surface area contributed by atoms with E-state index >= 15 is 0 Å². The van der Waals surface area contributed by atoms with Crippen LogP contribution in [0.5, 0.6) is 0 Å². The van der Waals surface area contributed by atoms with Gasteiger partial charge in [0.2, 0.25) is 5.91 Å². The molecule has 1 aromatic rings. The summed E-state index contributed by atoms with van der Waals surface area (Å²) in [6.45, 7) is 0.0345. The highest BCUT2D eigenvalue weighted by Crippen LogP contribution is 2.30. The summed E-state index contributed by atoms with van der Waals surface area (Å²) in [7, 11) is -4.64. The van der Waals surface area contributed by atoms with E-state index in [1.807, 2.05) is 6.07 Å². The van der Waals surface area contributed by atoms with Crippen molar-refractivity contribution in [2.75, 3.05) is 22.9 Å². The fourth-order valence-electron chi connectivity index (χ4n) is 2.16. The van der Waals surface area contributed by atoms with E-state index in [2.05, 4.69) is 20.9 Å². The van der Waals surface area contributed by atoms with Gasteiger partial charge in [-0.15, -0.1) is 3.89 Å². The molecule has 10 heteroatoms. The second-order valence-electron chi connectivity index (χ2n) is 4.63. The smallest absolute Gasteiger partial charge is 0.302 e. The van der Waals surface area contributed by atoms with Crippen LogP contribution in [-0.2, 0) is 15.0 Å². The molecule has 1 amide bonds. The molecule has 0 bridgehead atoms. The van der Waals surface area contributed by atoms with Gasteiger partial charge in [0.05, 0.1) is 11.4 Å². The molecule has 0 spiro atoms. The van der Waals surface area contributed by atoms with Gasteiger partial charge in [-0.3, -0.25) is 9.69 Å². The van der Waals surface area contributed by atoms with Crippen LogP contribution in [0.1, 0.15) is 12.0 Å². The summed E-state index contributed by atoms with van der Waals surface area (Å²) in [5.74, 6) is -1.51. The van der Waals surface area contributed by atoms with E-state index in [1.165, 1.54) is 11.0 Å². The lowest BCUT2D eigenvalue weighted by molar-refractivity contribution is -0.117. The molecule has 1 aliphatic heterocycles. The number of halogens is 2. The van der Waals surface area contributed by atoms with Gasteiger partial charge >= 0.3 is 10.2 Å². The first-order valence-electron chi connectivity index (χ1n) is 5.80. The van der Waals surface area contributed by atoms with E-state index in [1.54, 1.807) is 0 Å². The zero-order valence-corrected chi connectivity index (χ0v) is 13.0. The van der Waals surface area contributed by atoms with E-state index in [0.29, 0.717) is 0 Å². The van der Waals surface area contributed by atoms with Crippen molar-refractivity contribution < 1.29 is 17.1 Å². The molecule has 0 radical (unpaired) electrons. The number of pyridine rings is 1. The van der Waals surface area contributed by atoms with Crippen molar-refractivity contribution >= 4 is 43.6 Å². The number of nitrogens with zero attached hydrogens (tertiary/aromatic N) is 3. The largest absolute Gasteiger partial charge is 0.397 e. The third-order valence-corrected chi connectivity index (χ3v) is 4.46. The summed E-state index contributed by atoms with van der Waals surface area (Å²) in [6.07, 6.45) is -0.0810. The van der Waals surface area contributed by atoms with Crippen LogP contribution < -0.4 is 10.6 Å². The Morgan fingerprint density at radius 2 is 2.29 bits per heavy atom. The van der Waals surface area contributed by atoms with Gasteiger partial charge < -0.3 is 5.73 Å². The van der Waals surface area contributed by atoms with E-state index in [4.69, 9.17) is 11.0 Å². The molecule has 1 fully saturated rings. The second kappa shape index (κ2) is 5.57. The predicted molar refractivity (Wildman–Crippen MR) is 76.4 cm³/mol. The molecule has 112 valence electrons. The minimum absolute atomic E-state index is 0.0345. The summed E-state index contributed by atoms with van der Waals surface area (Å²) in [5.41, 5.74) is 5.98. The maximum absolute atomic E-state index is 12.7. The lowest BCUT2D eigenvalue weighted by Gasteiger charge is -2.16. The standard InChI is InChI=1S/C11H10BrFN4O3S/c12-11-7(3-14)8(15)2-9(16-11)17-4-6(1-10(17)18)5-21(13,19)20/h2,6H,1,4-5H2,(H2,15,16). The molecule has 21 heavy (non-hydrogen) atoms. The van der Waals surface area contributed by atoms with Crippen molar-refractivity contribution in [1.82, 2.24) is 4.98 Å². The average Bonchev–Trinajstić information content (AvgIpc) is 2.67. The predicted octanol–water partition coefficient (Wildman–Crippen LogP) is 0.950. The molecular weight excluding hydrogens is 367 g/mol. The fourth-order valence-corrected chi connectivity index (χ4v) is 3.45. The summed E-state index contributed by atoms with van der Waals surface area (Å²) < 4.78 is 34.2. The van der Waals surface area contributed by atoms with Crippen LogP contribution in [0.2, 0.25) is 0 Å². The third kappa shape index (κ3) is 3.48. The van der Waals surface area contributed by atoms with Gasteiger partial charge in [-0.05, 0) is 15.9 Å². The van der Waals surface area contributed by atoms with Crippen molar-refractivity contribution in [2.24, 2.45) is 5.92 Å². The molecule has 1 aromatic heterocycles. The number of hydrogen-bond acceptors (Lipinski definition) is 6. The van der Waals surface area contributed by atoms with Crippen molar-refractivity contribution in [2.45, 2.75) is 6.42 Å². The van der Waals surface area contributed by atoms with E-state index < -0.39 is 21.9 Å². The minimum Gasteiger partial charge on any atom is -0.397 e. The van der Waals surface area contributed by atoms with Crippen LogP contribution in [-0.4, -0.2) is 31.6 Å². The van der Waals surface area contributed by atoms with Gasteiger partial charge in [-0.1, -0.05) is 0 Å². The quantitative estimate of drug-likeness (QED) is 0.619. The lowest BCUT2D eigenvalue weighted by Crippen LogP contribution is -2.26. The van der Waals surface area contributed by atoms with Crippen LogP contribution in [0, 0.1) is 17.2 Å². The van der Waals surface area contributed by atoms with Crippen molar-refractivity contribution in [1.29, 1.82) is 5.26 Å². The van der Waals surface area contributed by atoms with Crippen LogP contribution in [0.15, 0.2) is 10.7 Å². The zero-order chi connectivity index (χ0) is 15.8. The number of nitrogens with two attached hydrogens (primary N) is 1. The van der Waals surface area contributed by atoms with Crippen LogP contribution in [0.25, 0.3) is 0 Å². The molecule has 2 N–H and O–H groups in total. The Morgan fingerprint density at radius 3 is 2.81 bits per heavy atom. The maximum Gasteiger partial charge on any atom is 0.302 e. The van der Waals surface area contributed by atoms with Crippen molar-refractivity contribution in [3.8, 4) is 6.07 Å². The van der Waals surface area contributed by atoms with Gasteiger partial charge in [0, 0.05) is 24.9 Å². The van der Waals surface area contributed by atoms with Gasteiger partial charge in [-0.25, -0.2) is 4.98 Å². The Hall–Kier alpha value is -1.73. The normalized spacial score (nSPS) is 18.8. The van der Waals surface area contributed by atoms with E-state index in [0.717, 1.165) is 0 Å². The topological polar surface area (TPSA) is 117 Å². The fraction of sp³-hybridized carbons (Fsp3) is 0.364. The molecule has 1 aliphatic rings. The molecular formula is C11H10BrFN4O3S. The minimum atomic E-state index is -4.64. The van der Waals surface area contributed by atoms with Gasteiger partial charge in [0.15, 0.2) is 0 Å². The Morgan fingerprint density at radius 1 is 1.62 bits per heavy atom. The molecule has 0 aliphatic carbocycles.